The average molecular weight is 249 g/mol. The molecule has 0 spiro atoms. The molecule has 1 aromatic rings. The largest absolute Gasteiger partial charge is 0.334 e. The Morgan fingerprint density at radius 3 is 2.67 bits per heavy atom. The van der Waals surface area contributed by atoms with Gasteiger partial charge in [-0.15, -0.1) is 0 Å². The molecule has 0 saturated carbocycles. The molecule has 5 nitrogen and oxygen atoms in total. The van der Waals surface area contributed by atoms with Crippen LogP contribution in [0.2, 0.25) is 0 Å². The number of nitrogens with one attached hydrogen (secondary N) is 1. The average Bonchev–Trinajstić information content (AvgIpc) is 2.32. The lowest BCUT2D eigenvalue weighted by atomic mass is 10.1. The number of amides is 3. The van der Waals surface area contributed by atoms with E-state index < -0.39 is 6.03 Å². The molecule has 0 aliphatic heterocycles. The van der Waals surface area contributed by atoms with E-state index in [1.54, 1.807) is 0 Å². The molecule has 0 unspecified atom stereocenters. The smallest absolute Gasteiger partial charge is 0.324 e. The normalized spacial score (nSPS) is 9.94. The lowest BCUT2D eigenvalue weighted by Gasteiger charge is -2.18. The van der Waals surface area contributed by atoms with Gasteiger partial charge in [0.15, 0.2) is 0 Å². The zero-order chi connectivity index (χ0) is 13.5. The van der Waals surface area contributed by atoms with Gasteiger partial charge in [0.1, 0.15) is 0 Å². The van der Waals surface area contributed by atoms with Gasteiger partial charge in [-0.1, -0.05) is 29.8 Å². The Hall–Kier alpha value is -1.88. The van der Waals surface area contributed by atoms with Gasteiger partial charge in [0.2, 0.25) is 5.91 Å². The van der Waals surface area contributed by atoms with Crippen molar-refractivity contribution in [3.63, 3.8) is 0 Å². The van der Waals surface area contributed by atoms with E-state index in [9.17, 15) is 9.59 Å². The minimum atomic E-state index is -0.408. The zero-order valence-electron chi connectivity index (χ0n) is 10.8. The van der Waals surface area contributed by atoms with Crippen LogP contribution < -0.4 is 11.1 Å². The van der Waals surface area contributed by atoms with E-state index in [0.29, 0.717) is 6.54 Å². The van der Waals surface area contributed by atoms with Crippen LogP contribution in [0.1, 0.15) is 18.1 Å². The van der Waals surface area contributed by atoms with Gasteiger partial charge in [0.25, 0.3) is 0 Å². The fraction of sp³-hybridized carbons (Fsp3) is 0.385. The second kappa shape index (κ2) is 6.76. The molecule has 1 aromatic carbocycles. The van der Waals surface area contributed by atoms with E-state index in [-0.39, 0.29) is 19.0 Å². The maximum atomic E-state index is 11.8. The molecule has 0 aliphatic rings. The topological polar surface area (TPSA) is 75.4 Å². The monoisotopic (exact) mass is 249 g/mol. The van der Waals surface area contributed by atoms with E-state index in [4.69, 9.17) is 5.73 Å². The molecular formula is C13H19N3O2. The molecule has 0 heterocycles. The lowest BCUT2D eigenvalue weighted by molar-refractivity contribution is -0.125. The standard InChI is InChI=1S/C13H19N3O2/c1-10-4-3-5-12(8-10)9-15-13(18)16(7-6-14)11(2)17/h3-5,8H,6-7,9,14H2,1-2H3,(H,15,18). The molecular weight excluding hydrogens is 230 g/mol. The van der Waals surface area contributed by atoms with Crippen LogP contribution in [0, 0.1) is 6.92 Å². The Labute approximate surface area is 107 Å². The summed E-state index contributed by atoms with van der Waals surface area (Å²) >= 11 is 0. The summed E-state index contributed by atoms with van der Waals surface area (Å²) in [6.07, 6.45) is 0. The molecule has 18 heavy (non-hydrogen) atoms. The van der Waals surface area contributed by atoms with Gasteiger partial charge in [-0.05, 0) is 12.5 Å². The highest BCUT2D eigenvalue weighted by Crippen LogP contribution is 2.03. The molecule has 0 bridgehead atoms. The summed E-state index contributed by atoms with van der Waals surface area (Å²) in [6, 6.07) is 7.42. The summed E-state index contributed by atoms with van der Waals surface area (Å²) in [5.41, 5.74) is 7.49. The van der Waals surface area contributed by atoms with E-state index in [2.05, 4.69) is 5.32 Å². The predicted molar refractivity (Wildman–Crippen MR) is 69.9 cm³/mol. The molecule has 0 atom stereocenters. The summed E-state index contributed by atoms with van der Waals surface area (Å²) in [5.74, 6) is -0.304. The van der Waals surface area contributed by atoms with Crippen molar-refractivity contribution in [2.75, 3.05) is 13.1 Å². The number of carbonyl (C=O) groups is 2. The quantitative estimate of drug-likeness (QED) is 0.836. The van der Waals surface area contributed by atoms with Gasteiger partial charge in [0.05, 0.1) is 0 Å². The Morgan fingerprint density at radius 1 is 1.39 bits per heavy atom. The highest BCUT2D eigenvalue weighted by atomic mass is 16.2. The van der Waals surface area contributed by atoms with Crippen LogP contribution in [0.15, 0.2) is 24.3 Å². The van der Waals surface area contributed by atoms with Crippen molar-refractivity contribution in [1.82, 2.24) is 10.2 Å². The van der Waals surface area contributed by atoms with Gasteiger partial charge in [-0.3, -0.25) is 9.69 Å². The molecule has 0 aliphatic carbocycles. The molecule has 98 valence electrons. The number of hydrogen-bond donors (Lipinski definition) is 2. The van der Waals surface area contributed by atoms with Crippen LogP contribution in [0.25, 0.3) is 0 Å². The summed E-state index contributed by atoms with van der Waals surface area (Å²) in [4.78, 5) is 24.1. The Kier molecular flexibility index (Phi) is 5.32. The highest BCUT2D eigenvalue weighted by Gasteiger charge is 2.16. The number of benzene rings is 1. The van der Waals surface area contributed by atoms with Crippen molar-refractivity contribution >= 4 is 11.9 Å². The summed E-state index contributed by atoms with van der Waals surface area (Å²) in [6.45, 7) is 4.23. The molecule has 0 radical (unpaired) electrons. The highest BCUT2D eigenvalue weighted by molar-refractivity contribution is 5.93. The first kappa shape index (κ1) is 14.2. The number of hydrogen-bond acceptors (Lipinski definition) is 3. The first-order valence-corrected chi connectivity index (χ1v) is 5.86. The summed E-state index contributed by atoms with van der Waals surface area (Å²) in [7, 11) is 0. The number of urea groups is 1. The van der Waals surface area contributed by atoms with Crippen molar-refractivity contribution in [2.45, 2.75) is 20.4 Å². The molecule has 0 aromatic heterocycles. The third-order valence-electron chi connectivity index (χ3n) is 2.50. The van der Waals surface area contributed by atoms with E-state index >= 15 is 0 Å². The van der Waals surface area contributed by atoms with Crippen LogP contribution in [0.4, 0.5) is 4.79 Å². The number of nitrogens with two attached hydrogens (primary N) is 1. The SMILES string of the molecule is CC(=O)N(CCN)C(=O)NCc1cccc(C)c1. The minimum Gasteiger partial charge on any atom is -0.334 e. The van der Waals surface area contributed by atoms with Crippen molar-refractivity contribution in [1.29, 1.82) is 0 Å². The third kappa shape index (κ3) is 4.18. The number of nitrogens with zero attached hydrogens (tertiary/aromatic N) is 1. The maximum absolute atomic E-state index is 11.8. The fourth-order valence-electron chi connectivity index (χ4n) is 1.63. The first-order valence-electron chi connectivity index (χ1n) is 5.86. The minimum absolute atomic E-state index is 0.231. The van der Waals surface area contributed by atoms with E-state index in [1.165, 1.54) is 6.92 Å². The van der Waals surface area contributed by atoms with Gasteiger partial charge in [-0.2, -0.15) is 0 Å². The molecule has 0 saturated heterocycles. The second-order valence-corrected chi connectivity index (χ2v) is 4.11. The summed E-state index contributed by atoms with van der Waals surface area (Å²) < 4.78 is 0. The molecule has 3 N–H and O–H groups in total. The molecule has 0 fully saturated rings. The van der Waals surface area contributed by atoms with Crippen LogP contribution in [-0.2, 0) is 11.3 Å². The van der Waals surface area contributed by atoms with Crippen LogP contribution >= 0.6 is 0 Å². The fourth-order valence-corrected chi connectivity index (χ4v) is 1.63. The molecule has 5 heteroatoms. The Morgan fingerprint density at radius 2 is 2.11 bits per heavy atom. The van der Waals surface area contributed by atoms with Gasteiger partial charge in [-0.25, -0.2) is 4.79 Å². The van der Waals surface area contributed by atoms with Crippen LogP contribution in [0.5, 0.6) is 0 Å². The molecule has 1 rings (SSSR count). The first-order chi connectivity index (χ1) is 8.54. The predicted octanol–water partition coefficient (Wildman–Crippen LogP) is 1.01. The van der Waals surface area contributed by atoms with Gasteiger partial charge < -0.3 is 11.1 Å². The lowest BCUT2D eigenvalue weighted by Crippen LogP contribution is -2.44. The third-order valence-corrected chi connectivity index (χ3v) is 2.50. The molecule has 3 amide bonds. The number of aryl methyl sites for hydroxylation is 1. The van der Waals surface area contributed by atoms with Crippen molar-refractivity contribution < 1.29 is 9.59 Å². The van der Waals surface area contributed by atoms with Crippen molar-refractivity contribution in [3.8, 4) is 0 Å². The van der Waals surface area contributed by atoms with Crippen LogP contribution in [0.3, 0.4) is 0 Å². The summed E-state index contributed by atoms with van der Waals surface area (Å²) in [5, 5.41) is 2.70. The van der Waals surface area contributed by atoms with Gasteiger partial charge >= 0.3 is 6.03 Å². The van der Waals surface area contributed by atoms with Crippen molar-refractivity contribution in [2.24, 2.45) is 5.73 Å². The van der Waals surface area contributed by atoms with Crippen LogP contribution in [-0.4, -0.2) is 29.9 Å². The van der Waals surface area contributed by atoms with E-state index in [1.807, 2.05) is 31.2 Å². The second-order valence-electron chi connectivity index (χ2n) is 4.11. The Balaban J connectivity index is 2.56. The van der Waals surface area contributed by atoms with Crippen molar-refractivity contribution in [3.05, 3.63) is 35.4 Å². The zero-order valence-corrected chi connectivity index (χ0v) is 10.8. The van der Waals surface area contributed by atoms with E-state index in [0.717, 1.165) is 16.0 Å². The van der Waals surface area contributed by atoms with Gasteiger partial charge in [0, 0.05) is 26.6 Å². The Bertz CT molecular complexity index is 432. The number of carbonyl (C=O) groups excluding carboxylic acids is 2. The number of rotatable bonds is 4. The maximum Gasteiger partial charge on any atom is 0.324 e. The number of imide groups is 1.